The van der Waals surface area contributed by atoms with Gasteiger partial charge in [-0.15, -0.1) is 0 Å². The van der Waals surface area contributed by atoms with Crippen LogP contribution in [0.15, 0.2) is 95.9 Å². The van der Waals surface area contributed by atoms with Crippen LogP contribution in [0.3, 0.4) is 0 Å². The molecule has 1 atom stereocenters. The number of hydrogen-bond acceptors (Lipinski definition) is 4. The Kier molecular flexibility index (Phi) is 11.9. The summed E-state index contributed by atoms with van der Waals surface area (Å²) in [6.45, 7) is 6.57. The molecule has 0 aromatic heterocycles. The standard InChI is InChI=1S/C35H35Cl4N3O4S/c1-23-10-14-30(15-11-23)47(45,46)42(29-18-27(37)17-28(38)19-29)22-33(43)41(21-25-12-13-26(36)20-31(25)39)32(34(44)40-35(2,3)4)16-24-8-6-5-7-9-24/h5-15,17-20,32H,16,21-22H2,1-4H3,(H,40,44)/t32-/m1/s1. The predicted molar refractivity (Wildman–Crippen MR) is 191 cm³/mol. The molecule has 0 aliphatic heterocycles. The number of hydrogen-bond donors (Lipinski definition) is 1. The smallest absolute Gasteiger partial charge is 0.264 e. The monoisotopic (exact) mass is 733 g/mol. The van der Waals surface area contributed by atoms with Gasteiger partial charge in [-0.3, -0.25) is 13.9 Å². The maximum atomic E-state index is 14.6. The SMILES string of the molecule is Cc1ccc(S(=O)(=O)N(CC(=O)N(Cc2ccc(Cl)cc2Cl)[C@H](Cc2ccccc2)C(=O)NC(C)(C)C)c2cc(Cl)cc(Cl)c2)cc1. The zero-order valence-corrected chi connectivity index (χ0v) is 30.1. The molecule has 0 unspecified atom stereocenters. The third-order valence-electron chi connectivity index (χ3n) is 7.15. The number of carbonyl (C=O) groups excluding carboxylic acids is 2. The molecule has 4 aromatic carbocycles. The van der Waals surface area contributed by atoms with E-state index in [2.05, 4.69) is 5.32 Å². The van der Waals surface area contributed by atoms with Crippen LogP contribution >= 0.6 is 46.4 Å². The lowest BCUT2D eigenvalue weighted by molar-refractivity contribution is -0.140. The van der Waals surface area contributed by atoms with Gasteiger partial charge in [0.05, 0.1) is 10.6 Å². The fraction of sp³-hybridized carbons (Fsp3) is 0.257. The average Bonchev–Trinajstić information content (AvgIpc) is 2.97. The lowest BCUT2D eigenvalue weighted by atomic mass is 10.0. The number of benzene rings is 4. The molecule has 0 aliphatic carbocycles. The van der Waals surface area contributed by atoms with Crippen molar-refractivity contribution in [2.75, 3.05) is 10.8 Å². The van der Waals surface area contributed by atoms with E-state index in [1.54, 1.807) is 30.3 Å². The Balaban J connectivity index is 1.86. The molecule has 4 rings (SSSR count). The first-order chi connectivity index (χ1) is 22.0. The van der Waals surface area contributed by atoms with Crippen molar-refractivity contribution in [3.63, 3.8) is 0 Å². The summed E-state index contributed by atoms with van der Waals surface area (Å²) in [4.78, 5) is 29.9. The summed E-state index contributed by atoms with van der Waals surface area (Å²) in [5.74, 6) is -1.08. The van der Waals surface area contributed by atoms with Gasteiger partial charge in [-0.25, -0.2) is 8.42 Å². The van der Waals surface area contributed by atoms with Crippen LogP contribution in [0.2, 0.25) is 20.1 Å². The summed E-state index contributed by atoms with van der Waals surface area (Å²) in [6, 6.07) is 23.6. The van der Waals surface area contributed by atoms with Gasteiger partial charge < -0.3 is 10.2 Å². The quantitative estimate of drug-likeness (QED) is 0.168. The number of amides is 2. The van der Waals surface area contributed by atoms with Gasteiger partial charge >= 0.3 is 0 Å². The highest BCUT2D eigenvalue weighted by atomic mass is 35.5. The van der Waals surface area contributed by atoms with Crippen LogP contribution in [-0.4, -0.2) is 43.3 Å². The Morgan fingerprint density at radius 3 is 2.00 bits per heavy atom. The minimum absolute atomic E-state index is 0.0365. The summed E-state index contributed by atoms with van der Waals surface area (Å²) in [5.41, 5.74) is 1.63. The van der Waals surface area contributed by atoms with Crippen molar-refractivity contribution >= 4 is 73.9 Å². The summed E-state index contributed by atoms with van der Waals surface area (Å²) < 4.78 is 29.4. The molecule has 1 N–H and O–H groups in total. The van der Waals surface area contributed by atoms with E-state index >= 15 is 0 Å². The number of nitrogens with one attached hydrogen (secondary N) is 1. The van der Waals surface area contributed by atoms with E-state index in [9.17, 15) is 18.0 Å². The largest absolute Gasteiger partial charge is 0.350 e. The van der Waals surface area contributed by atoms with Gasteiger partial charge in [0, 0.05) is 38.6 Å². The fourth-order valence-corrected chi connectivity index (χ4v) is 7.27. The molecule has 0 radical (unpaired) electrons. The van der Waals surface area contributed by atoms with Gasteiger partial charge in [-0.05, 0) is 81.3 Å². The van der Waals surface area contributed by atoms with E-state index in [-0.39, 0.29) is 38.6 Å². The van der Waals surface area contributed by atoms with Crippen molar-refractivity contribution in [2.24, 2.45) is 0 Å². The third-order valence-corrected chi connectivity index (χ3v) is 9.96. The van der Waals surface area contributed by atoms with E-state index < -0.39 is 40.0 Å². The van der Waals surface area contributed by atoms with Crippen molar-refractivity contribution in [1.29, 1.82) is 0 Å². The summed E-state index contributed by atoms with van der Waals surface area (Å²) in [6.07, 6.45) is 0.146. The number of halogens is 4. The zero-order chi connectivity index (χ0) is 34.5. The Bertz CT molecular complexity index is 1830. The van der Waals surface area contributed by atoms with Gasteiger partial charge in [0.15, 0.2) is 0 Å². The summed E-state index contributed by atoms with van der Waals surface area (Å²) >= 11 is 25.4. The molecule has 4 aromatic rings. The zero-order valence-electron chi connectivity index (χ0n) is 26.3. The maximum absolute atomic E-state index is 14.6. The van der Waals surface area contributed by atoms with Gasteiger partial charge in [0.25, 0.3) is 10.0 Å². The van der Waals surface area contributed by atoms with E-state index in [1.807, 2.05) is 58.0 Å². The van der Waals surface area contributed by atoms with E-state index in [0.29, 0.717) is 10.6 Å². The molecular formula is C35H35Cl4N3O4S. The lowest BCUT2D eigenvalue weighted by Gasteiger charge is -2.35. The molecule has 0 saturated carbocycles. The molecule has 0 spiro atoms. The lowest BCUT2D eigenvalue weighted by Crippen LogP contribution is -2.56. The van der Waals surface area contributed by atoms with Crippen LogP contribution in [0.4, 0.5) is 5.69 Å². The number of sulfonamides is 1. The van der Waals surface area contributed by atoms with E-state index in [1.165, 1.54) is 35.2 Å². The average molecular weight is 736 g/mol. The fourth-order valence-electron chi connectivity index (χ4n) is 4.89. The molecule has 0 bridgehead atoms. The number of rotatable bonds is 11. The van der Waals surface area contributed by atoms with E-state index in [0.717, 1.165) is 15.4 Å². The third kappa shape index (κ3) is 9.87. The van der Waals surface area contributed by atoms with Gasteiger partial charge in [-0.1, -0.05) is 100 Å². The van der Waals surface area contributed by atoms with Crippen LogP contribution in [0, 0.1) is 6.92 Å². The predicted octanol–water partition coefficient (Wildman–Crippen LogP) is 8.36. The van der Waals surface area contributed by atoms with Crippen molar-refractivity contribution < 1.29 is 18.0 Å². The molecule has 0 fully saturated rings. The normalized spacial score (nSPS) is 12.3. The highest BCUT2D eigenvalue weighted by Crippen LogP contribution is 2.31. The number of aryl methyl sites for hydroxylation is 1. The Morgan fingerprint density at radius 2 is 1.43 bits per heavy atom. The van der Waals surface area contributed by atoms with E-state index in [4.69, 9.17) is 46.4 Å². The second kappa shape index (κ2) is 15.3. The number of carbonyl (C=O) groups is 2. The van der Waals surface area contributed by atoms with Crippen LogP contribution in [0.25, 0.3) is 0 Å². The van der Waals surface area contributed by atoms with Crippen molar-refractivity contribution in [3.05, 3.63) is 128 Å². The molecule has 0 aliphatic rings. The second-order valence-electron chi connectivity index (χ2n) is 12.2. The molecule has 248 valence electrons. The van der Waals surface area contributed by atoms with Gasteiger partial charge in [0.2, 0.25) is 11.8 Å². The van der Waals surface area contributed by atoms with Gasteiger partial charge in [0.1, 0.15) is 12.6 Å². The van der Waals surface area contributed by atoms with Crippen molar-refractivity contribution in [1.82, 2.24) is 10.2 Å². The number of anilines is 1. The maximum Gasteiger partial charge on any atom is 0.264 e. The number of nitrogens with zero attached hydrogens (tertiary/aromatic N) is 2. The Morgan fingerprint density at radius 1 is 0.809 bits per heavy atom. The first-order valence-electron chi connectivity index (χ1n) is 14.7. The second-order valence-corrected chi connectivity index (χ2v) is 15.7. The molecule has 2 amide bonds. The molecule has 0 saturated heterocycles. The first kappa shape index (κ1) is 36.6. The highest BCUT2D eigenvalue weighted by molar-refractivity contribution is 7.92. The van der Waals surface area contributed by atoms with Crippen LogP contribution in [0.5, 0.6) is 0 Å². The molecule has 47 heavy (non-hydrogen) atoms. The Labute approximate surface area is 296 Å². The molecule has 0 heterocycles. The molecular weight excluding hydrogens is 700 g/mol. The summed E-state index contributed by atoms with van der Waals surface area (Å²) in [5, 5.41) is 4.04. The minimum atomic E-state index is -4.33. The van der Waals surface area contributed by atoms with Crippen molar-refractivity contribution in [2.45, 2.75) is 57.1 Å². The van der Waals surface area contributed by atoms with Crippen LogP contribution < -0.4 is 9.62 Å². The highest BCUT2D eigenvalue weighted by Gasteiger charge is 2.36. The van der Waals surface area contributed by atoms with Crippen LogP contribution in [-0.2, 0) is 32.6 Å². The topological polar surface area (TPSA) is 86.8 Å². The molecule has 7 nitrogen and oxygen atoms in total. The first-order valence-corrected chi connectivity index (χ1v) is 17.6. The van der Waals surface area contributed by atoms with Gasteiger partial charge in [-0.2, -0.15) is 0 Å². The Hall–Kier alpha value is -3.27. The van der Waals surface area contributed by atoms with Crippen LogP contribution in [0.1, 0.15) is 37.5 Å². The summed E-state index contributed by atoms with van der Waals surface area (Å²) in [7, 11) is -4.33. The van der Waals surface area contributed by atoms with Crippen molar-refractivity contribution in [3.8, 4) is 0 Å². The molecule has 12 heteroatoms. The minimum Gasteiger partial charge on any atom is -0.350 e.